The van der Waals surface area contributed by atoms with Gasteiger partial charge in [-0.2, -0.15) is 0 Å². The van der Waals surface area contributed by atoms with E-state index >= 15 is 0 Å². The van der Waals surface area contributed by atoms with Gasteiger partial charge in [-0.15, -0.1) is 0 Å². The third-order valence-corrected chi connectivity index (χ3v) is 8.28. The number of methoxy groups -OCH3 is 2. The van der Waals surface area contributed by atoms with Crippen LogP contribution in [0.2, 0.25) is 0 Å². The number of Topliss-reactive ketones (excluding diaryl/α,β-unsaturated/α-hetero) is 1. The van der Waals surface area contributed by atoms with Gasteiger partial charge in [-0.25, -0.2) is 0 Å². The Morgan fingerprint density at radius 3 is 2.37 bits per heavy atom. The van der Waals surface area contributed by atoms with Crippen molar-refractivity contribution in [2.75, 3.05) is 27.4 Å². The van der Waals surface area contributed by atoms with Gasteiger partial charge in [0.2, 0.25) is 0 Å². The minimum Gasteiger partial charge on any atom is -0.493 e. The van der Waals surface area contributed by atoms with Crippen LogP contribution < -0.4 is 15.2 Å². The standard InChI is InChI=1S/C31H53NO6/c1-20(2)24(15-22-11-12-30(37-6)31(16-22)38-14-8-13-36-5)17-26(32)29(35)19-25(21(3)4)28(34)18-23-9-7-10-27(23)33/h11-12,16,20-21,23-27,29,33,35H,7-10,13-15,17-19,32H2,1-6H3/t23?,24-,25-,26-,27+,29-/m0/s1. The molecule has 1 aliphatic carbocycles. The Morgan fingerprint density at radius 2 is 1.79 bits per heavy atom. The monoisotopic (exact) mass is 535 g/mol. The fraction of sp³-hybridized carbons (Fsp3) is 0.774. The van der Waals surface area contributed by atoms with Crippen molar-refractivity contribution in [3.8, 4) is 11.5 Å². The molecule has 0 aromatic heterocycles. The molecule has 0 radical (unpaired) electrons. The lowest BCUT2D eigenvalue weighted by molar-refractivity contribution is -0.127. The van der Waals surface area contributed by atoms with Crippen molar-refractivity contribution in [2.24, 2.45) is 35.3 Å². The Labute approximate surface area is 230 Å². The van der Waals surface area contributed by atoms with Crippen LogP contribution in [-0.4, -0.2) is 61.7 Å². The first-order chi connectivity index (χ1) is 18.1. The van der Waals surface area contributed by atoms with E-state index in [4.69, 9.17) is 19.9 Å². The van der Waals surface area contributed by atoms with Gasteiger partial charge in [0.1, 0.15) is 5.78 Å². The molecule has 1 unspecified atom stereocenters. The van der Waals surface area contributed by atoms with Gasteiger partial charge in [0.25, 0.3) is 0 Å². The number of benzene rings is 1. The van der Waals surface area contributed by atoms with Crippen LogP contribution in [0.25, 0.3) is 0 Å². The summed E-state index contributed by atoms with van der Waals surface area (Å²) < 4.78 is 16.5. The lowest BCUT2D eigenvalue weighted by Gasteiger charge is -2.30. The molecule has 1 aliphatic rings. The first kappa shape index (κ1) is 32.5. The zero-order valence-electron chi connectivity index (χ0n) is 24.5. The van der Waals surface area contributed by atoms with E-state index in [-0.39, 0.29) is 35.6 Å². The van der Waals surface area contributed by atoms with Crippen molar-refractivity contribution in [3.63, 3.8) is 0 Å². The molecular formula is C31H53NO6. The van der Waals surface area contributed by atoms with Gasteiger partial charge in [0, 0.05) is 38.5 Å². The second-order valence-electron chi connectivity index (χ2n) is 11.9. The SMILES string of the molecule is COCCCOc1cc(C[C@@H](C[C@H](N)[C@@H](O)C[C@H](C(=O)CC2CCC[C@H]2O)C(C)C)C(C)C)ccc1OC. The lowest BCUT2D eigenvalue weighted by Crippen LogP contribution is -2.41. The van der Waals surface area contributed by atoms with Crippen molar-refractivity contribution in [1.82, 2.24) is 0 Å². The summed E-state index contributed by atoms with van der Waals surface area (Å²) in [5.41, 5.74) is 7.69. The highest BCUT2D eigenvalue weighted by Crippen LogP contribution is 2.33. The predicted octanol–water partition coefficient (Wildman–Crippen LogP) is 4.79. The lowest BCUT2D eigenvalue weighted by atomic mass is 9.78. The minimum absolute atomic E-state index is 0.0539. The van der Waals surface area contributed by atoms with Gasteiger partial charge in [-0.3, -0.25) is 4.79 Å². The average molecular weight is 536 g/mol. The second-order valence-corrected chi connectivity index (χ2v) is 11.9. The molecule has 38 heavy (non-hydrogen) atoms. The molecule has 1 saturated carbocycles. The van der Waals surface area contributed by atoms with Crippen LogP contribution in [0.4, 0.5) is 0 Å². The summed E-state index contributed by atoms with van der Waals surface area (Å²) in [4.78, 5) is 13.1. The van der Waals surface area contributed by atoms with Crippen LogP contribution in [-0.2, 0) is 16.0 Å². The number of nitrogens with two attached hydrogens (primary N) is 1. The van der Waals surface area contributed by atoms with Crippen LogP contribution in [0.3, 0.4) is 0 Å². The van der Waals surface area contributed by atoms with Crippen LogP contribution in [0, 0.1) is 29.6 Å². The maximum absolute atomic E-state index is 13.1. The maximum Gasteiger partial charge on any atom is 0.161 e. The van der Waals surface area contributed by atoms with Gasteiger partial charge in [-0.05, 0) is 73.5 Å². The Bertz CT molecular complexity index is 829. The fourth-order valence-electron chi connectivity index (χ4n) is 5.62. The molecule has 218 valence electrons. The summed E-state index contributed by atoms with van der Waals surface area (Å²) in [5.74, 6) is 2.12. The predicted molar refractivity (Wildman–Crippen MR) is 152 cm³/mol. The topological polar surface area (TPSA) is 111 Å². The van der Waals surface area contributed by atoms with Crippen LogP contribution in [0.15, 0.2) is 18.2 Å². The molecule has 4 N–H and O–H groups in total. The highest BCUT2D eigenvalue weighted by atomic mass is 16.5. The molecule has 2 rings (SSSR count). The highest BCUT2D eigenvalue weighted by molar-refractivity contribution is 5.81. The summed E-state index contributed by atoms with van der Waals surface area (Å²) in [6.45, 7) is 9.62. The van der Waals surface area contributed by atoms with E-state index < -0.39 is 12.1 Å². The molecule has 7 heteroatoms. The van der Waals surface area contributed by atoms with Crippen molar-refractivity contribution in [1.29, 1.82) is 0 Å². The third kappa shape index (κ3) is 10.1. The first-order valence-corrected chi connectivity index (χ1v) is 14.5. The Morgan fingerprint density at radius 1 is 1.05 bits per heavy atom. The third-order valence-electron chi connectivity index (χ3n) is 8.28. The molecule has 0 amide bonds. The van der Waals surface area contributed by atoms with Crippen LogP contribution >= 0.6 is 0 Å². The molecule has 0 spiro atoms. The molecule has 6 atom stereocenters. The van der Waals surface area contributed by atoms with Gasteiger partial charge in [0.05, 0.1) is 25.9 Å². The molecule has 0 aliphatic heterocycles. The number of hydrogen-bond acceptors (Lipinski definition) is 7. The molecule has 1 aromatic rings. The van der Waals surface area contributed by atoms with E-state index in [1.165, 1.54) is 0 Å². The van der Waals surface area contributed by atoms with E-state index in [9.17, 15) is 15.0 Å². The average Bonchev–Trinajstić information content (AvgIpc) is 3.28. The van der Waals surface area contributed by atoms with Gasteiger partial charge in [-0.1, -0.05) is 40.2 Å². The second kappa shape index (κ2) is 16.4. The zero-order chi connectivity index (χ0) is 28.2. The largest absolute Gasteiger partial charge is 0.493 e. The van der Waals surface area contributed by atoms with Gasteiger partial charge >= 0.3 is 0 Å². The van der Waals surface area contributed by atoms with E-state index in [1.54, 1.807) is 14.2 Å². The van der Waals surface area contributed by atoms with Crippen molar-refractivity contribution >= 4 is 5.78 Å². The highest BCUT2D eigenvalue weighted by Gasteiger charge is 2.33. The van der Waals surface area contributed by atoms with Crippen molar-refractivity contribution < 1.29 is 29.2 Å². The number of carbonyl (C=O) groups excluding carboxylic acids is 1. The molecule has 0 bridgehead atoms. The van der Waals surface area contributed by atoms with E-state index in [2.05, 4.69) is 19.9 Å². The first-order valence-electron chi connectivity index (χ1n) is 14.5. The Hall–Kier alpha value is -1.67. The molecule has 0 saturated heterocycles. The van der Waals surface area contributed by atoms with E-state index in [1.807, 2.05) is 26.0 Å². The minimum atomic E-state index is -0.753. The van der Waals surface area contributed by atoms with Gasteiger partial charge in [0.15, 0.2) is 11.5 Å². The normalized spacial score (nSPS) is 20.9. The molecule has 1 aromatic carbocycles. The summed E-state index contributed by atoms with van der Waals surface area (Å²) in [6, 6.07) is 5.61. The maximum atomic E-state index is 13.1. The van der Waals surface area contributed by atoms with Gasteiger partial charge < -0.3 is 30.2 Å². The molecule has 0 heterocycles. The summed E-state index contributed by atoms with van der Waals surface area (Å²) in [6.07, 6.45) is 4.57. The van der Waals surface area contributed by atoms with Crippen molar-refractivity contribution in [3.05, 3.63) is 23.8 Å². The number of ether oxygens (including phenoxy) is 3. The molecule has 1 fully saturated rings. The van der Waals surface area contributed by atoms with E-state index in [0.717, 1.165) is 43.4 Å². The summed E-state index contributed by atoms with van der Waals surface area (Å²) in [7, 11) is 3.32. The number of hydrogen-bond donors (Lipinski definition) is 3. The number of ketones is 1. The van der Waals surface area contributed by atoms with Crippen LogP contribution in [0.5, 0.6) is 11.5 Å². The number of carbonyl (C=O) groups is 1. The fourth-order valence-corrected chi connectivity index (χ4v) is 5.62. The number of aliphatic hydroxyl groups is 2. The summed E-state index contributed by atoms with van der Waals surface area (Å²) in [5, 5.41) is 21.2. The smallest absolute Gasteiger partial charge is 0.161 e. The molecule has 7 nitrogen and oxygen atoms in total. The van der Waals surface area contributed by atoms with Crippen LogP contribution in [0.1, 0.15) is 78.2 Å². The Balaban J connectivity index is 2.01. The van der Waals surface area contributed by atoms with Crippen molar-refractivity contribution in [2.45, 2.75) is 97.3 Å². The number of aliphatic hydroxyl groups excluding tert-OH is 2. The Kier molecular flexibility index (Phi) is 14.1. The number of rotatable bonds is 18. The quantitative estimate of drug-likeness (QED) is 0.232. The van der Waals surface area contributed by atoms with E-state index in [0.29, 0.717) is 44.1 Å². The molecular weight excluding hydrogens is 482 g/mol. The zero-order valence-corrected chi connectivity index (χ0v) is 24.5. The summed E-state index contributed by atoms with van der Waals surface area (Å²) >= 11 is 0.